The van der Waals surface area contributed by atoms with Gasteiger partial charge in [-0.3, -0.25) is 9.69 Å². The summed E-state index contributed by atoms with van der Waals surface area (Å²) >= 11 is 0. The molecule has 1 saturated heterocycles. The quantitative estimate of drug-likeness (QED) is 0.837. The molecule has 1 aliphatic heterocycles. The molecule has 134 valence electrons. The van der Waals surface area contributed by atoms with E-state index in [9.17, 15) is 4.79 Å². The van der Waals surface area contributed by atoms with Crippen LogP contribution in [0.1, 0.15) is 36.1 Å². The summed E-state index contributed by atoms with van der Waals surface area (Å²) in [6.45, 7) is 8.09. The van der Waals surface area contributed by atoms with Gasteiger partial charge < -0.3 is 14.2 Å². The number of hydrogen-bond acceptors (Lipinski definition) is 4. The average molecular weight is 342 g/mol. The van der Waals surface area contributed by atoms with E-state index in [1.165, 1.54) is 5.56 Å². The van der Waals surface area contributed by atoms with E-state index < -0.39 is 0 Å². The summed E-state index contributed by atoms with van der Waals surface area (Å²) in [5, 5.41) is 0. The highest BCUT2D eigenvalue weighted by Gasteiger charge is 2.28. The van der Waals surface area contributed by atoms with Crippen LogP contribution in [0.4, 0.5) is 0 Å². The van der Waals surface area contributed by atoms with Crippen LogP contribution in [-0.2, 0) is 6.54 Å². The molecule has 1 aliphatic rings. The third-order valence-electron chi connectivity index (χ3n) is 4.99. The average Bonchev–Trinajstić information content (AvgIpc) is 3.15. The number of piperazine rings is 1. The van der Waals surface area contributed by atoms with Crippen molar-refractivity contribution in [2.45, 2.75) is 26.4 Å². The van der Waals surface area contributed by atoms with Crippen LogP contribution < -0.4 is 4.74 Å². The van der Waals surface area contributed by atoms with Gasteiger partial charge in [-0.25, -0.2) is 4.98 Å². The lowest BCUT2D eigenvalue weighted by Gasteiger charge is -2.38. The highest BCUT2D eigenvalue weighted by Crippen LogP contribution is 2.29. The van der Waals surface area contributed by atoms with E-state index in [0.717, 1.165) is 38.5 Å². The number of carbonyl (C=O) groups excluding carboxylic acids is 1. The highest BCUT2D eigenvalue weighted by molar-refractivity contribution is 5.90. The Balaban J connectivity index is 1.64. The maximum Gasteiger partial charge on any atom is 0.289 e. The fraction of sp³-hybridized carbons (Fsp3) is 0.474. The Morgan fingerprint density at radius 2 is 1.96 bits per heavy atom. The molecule has 1 aromatic carbocycles. The SMILES string of the molecule is CCn1ccnc1C(=O)N1CCN(C(C)c2ccccc2OC)CC1. The molecule has 1 aromatic heterocycles. The lowest BCUT2D eigenvalue weighted by molar-refractivity contribution is 0.0564. The largest absolute Gasteiger partial charge is 0.496 e. The van der Waals surface area contributed by atoms with Crippen molar-refractivity contribution in [1.82, 2.24) is 19.4 Å². The van der Waals surface area contributed by atoms with E-state index in [2.05, 4.69) is 22.9 Å². The van der Waals surface area contributed by atoms with E-state index in [4.69, 9.17) is 4.74 Å². The molecule has 0 N–H and O–H groups in total. The molecule has 1 fully saturated rings. The Morgan fingerprint density at radius 1 is 1.24 bits per heavy atom. The molecule has 1 atom stereocenters. The molecule has 25 heavy (non-hydrogen) atoms. The lowest BCUT2D eigenvalue weighted by Crippen LogP contribution is -2.49. The number of hydrogen-bond donors (Lipinski definition) is 0. The van der Waals surface area contributed by atoms with Crippen molar-refractivity contribution in [1.29, 1.82) is 0 Å². The monoisotopic (exact) mass is 342 g/mol. The Labute approximate surface area is 149 Å². The van der Waals surface area contributed by atoms with Crippen LogP contribution in [0.25, 0.3) is 0 Å². The number of amides is 1. The Hall–Kier alpha value is -2.34. The van der Waals surface area contributed by atoms with Crippen LogP contribution in [0.3, 0.4) is 0 Å². The van der Waals surface area contributed by atoms with E-state index in [-0.39, 0.29) is 11.9 Å². The second kappa shape index (κ2) is 7.70. The maximum absolute atomic E-state index is 12.7. The molecule has 0 spiro atoms. The van der Waals surface area contributed by atoms with E-state index >= 15 is 0 Å². The topological polar surface area (TPSA) is 50.6 Å². The molecular weight excluding hydrogens is 316 g/mol. The molecule has 0 aliphatic carbocycles. The minimum Gasteiger partial charge on any atom is -0.496 e. The molecular formula is C19H26N4O2. The summed E-state index contributed by atoms with van der Waals surface area (Å²) < 4.78 is 7.38. The van der Waals surface area contributed by atoms with Crippen molar-refractivity contribution < 1.29 is 9.53 Å². The number of methoxy groups -OCH3 is 1. The predicted octanol–water partition coefficient (Wildman–Crippen LogP) is 2.43. The standard InChI is InChI=1S/C19H26N4O2/c1-4-21-10-9-20-18(21)19(24)23-13-11-22(12-14-23)15(2)16-7-5-6-8-17(16)25-3/h5-10,15H,4,11-14H2,1-3H3. The molecule has 1 unspecified atom stereocenters. The summed E-state index contributed by atoms with van der Waals surface area (Å²) in [5.74, 6) is 1.48. The second-order valence-electron chi connectivity index (χ2n) is 6.28. The summed E-state index contributed by atoms with van der Waals surface area (Å²) in [7, 11) is 1.71. The van der Waals surface area contributed by atoms with Gasteiger partial charge in [-0.2, -0.15) is 0 Å². The molecule has 3 rings (SSSR count). The number of aromatic nitrogens is 2. The van der Waals surface area contributed by atoms with E-state index in [0.29, 0.717) is 5.82 Å². The zero-order chi connectivity index (χ0) is 17.8. The van der Waals surface area contributed by atoms with Crippen molar-refractivity contribution in [3.8, 4) is 5.75 Å². The number of rotatable bonds is 5. The molecule has 1 amide bonds. The van der Waals surface area contributed by atoms with E-state index in [1.54, 1.807) is 13.3 Å². The Morgan fingerprint density at radius 3 is 2.64 bits per heavy atom. The van der Waals surface area contributed by atoms with Crippen LogP contribution >= 0.6 is 0 Å². The van der Waals surface area contributed by atoms with Gasteiger partial charge in [0.2, 0.25) is 0 Å². The minimum absolute atomic E-state index is 0.0245. The summed E-state index contributed by atoms with van der Waals surface area (Å²) in [6, 6.07) is 8.39. The van der Waals surface area contributed by atoms with Gasteiger partial charge in [-0.15, -0.1) is 0 Å². The zero-order valence-corrected chi connectivity index (χ0v) is 15.2. The number of imidazole rings is 1. The first-order valence-corrected chi connectivity index (χ1v) is 8.83. The van der Waals surface area contributed by atoms with Crippen molar-refractivity contribution in [2.75, 3.05) is 33.3 Å². The molecule has 2 heterocycles. The molecule has 2 aromatic rings. The maximum atomic E-state index is 12.7. The van der Waals surface area contributed by atoms with Gasteiger partial charge in [-0.1, -0.05) is 18.2 Å². The van der Waals surface area contributed by atoms with Crippen molar-refractivity contribution >= 4 is 5.91 Å². The smallest absolute Gasteiger partial charge is 0.289 e. The molecule has 0 radical (unpaired) electrons. The minimum atomic E-state index is 0.0245. The first-order valence-electron chi connectivity index (χ1n) is 8.83. The van der Waals surface area contributed by atoms with Crippen LogP contribution in [0.5, 0.6) is 5.75 Å². The van der Waals surface area contributed by atoms with Crippen LogP contribution in [-0.4, -0.2) is 58.5 Å². The van der Waals surface area contributed by atoms with Gasteiger partial charge in [-0.05, 0) is 19.9 Å². The van der Waals surface area contributed by atoms with Crippen molar-refractivity contribution in [3.05, 3.63) is 48.0 Å². The molecule has 0 bridgehead atoms. The Bertz CT molecular complexity index is 720. The van der Waals surface area contributed by atoms with Crippen molar-refractivity contribution in [3.63, 3.8) is 0 Å². The van der Waals surface area contributed by atoms with Gasteiger partial charge in [0, 0.05) is 56.7 Å². The fourth-order valence-electron chi connectivity index (χ4n) is 3.42. The highest BCUT2D eigenvalue weighted by atomic mass is 16.5. The zero-order valence-electron chi connectivity index (χ0n) is 15.2. The number of carbonyl (C=O) groups is 1. The summed E-state index contributed by atoms with van der Waals surface area (Å²) in [6.07, 6.45) is 3.55. The van der Waals surface area contributed by atoms with Crippen LogP contribution in [0.15, 0.2) is 36.7 Å². The predicted molar refractivity (Wildman–Crippen MR) is 96.8 cm³/mol. The summed E-state index contributed by atoms with van der Waals surface area (Å²) in [4.78, 5) is 21.2. The van der Waals surface area contributed by atoms with Crippen LogP contribution in [0, 0.1) is 0 Å². The molecule has 6 heteroatoms. The lowest BCUT2D eigenvalue weighted by atomic mass is 10.0. The Kier molecular flexibility index (Phi) is 5.38. The molecule has 0 saturated carbocycles. The summed E-state index contributed by atoms with van der Waals surface area (Å²) in [5.41, 5.74) is 1.19. The number of aryl methyl sites for hydroxylation is 1. The normalized spacial score (nSPS) is 16.7. The third-order valence-corrected chi connectivity index (χ3v) is 4.99. The second-order valence-corrected chi connectivity index (χ2v) is 6.28. The fourth-order valence-corrected chi connectivity index (χ4v) is 3.42. The van der Waals surface area contributed by atoms with Gasteiger partial charge in [0.1, 0.15) is 5.75 Å². The number of para-hydroxylation sites is 1. The van der Waals surface area contributed by atoms with Gasteiger partial charge in [0.15, 0.2) is 5.82 Å². The number of ether oxygens (including phenoxy) is 1. The van der Waals surface area contributed by atoms with Crippen molar-refractivity contribution in [2.24, 2.45) is 0 Å². The first-order chi connectivity index (χ1) is 12.2. The van der Waals surface area contributed by atoms with E-state index in [1.807, 2.05) is 40.8 Å². The van der Waals surface area contributed by atoms with Gasteiger partial charge in [0.05, 0.1) is 7.11 Å². The first kappa shape index (κ1) is 17.5. The van der Waals surface area contributed by atoms with Crippen LogP contribution in [0.2, 0.25) is 0 Å². The van der Waals surface area contributed by atoms with Gasteiger partial charge >= 0.3 is 0 Å². The third kappa shape index (κ3) is 3.54. The number of benzene rings is 1. The number of nitrogens with zero attached hydrogens (tertiary/aromatic N) is 4. The van der Waals surface area contributed by atoms with Gasteiger partial charge in [0.25, 0.3) is 5.91 Å². The molecule has 6 nitrogen and oxygen atoms in total.